The molecular weight excluding hydrogens is 684 g/mol. The first-order chi connectivity index (χ1) is 24.2. The molecule has 0 aromatic heterocycles. The van der Waals surface area contributed by atoms with Gasteiger partial charge in [-0.15, -0.1) is 0 Å². The Morgan fingerprint density at radius 1 is 0.922 bits per heavy atom. The Morgan fingerprint density at radius 3 is 2.08 bits per heavy atom. The molecule has 3 heterocycles. The van der Waals surface area contributed by atoms with Gasteiger partial charge in [0.05, 0.1) is 57.9 Å². The molecule has 51 heavy (non-hydrogen) atoms. The van der Waals surface area contributed by atoms with E-state index in [0.717, 1.165) is 13.4 Å². The summed E-state index contributed by atoms with van der Waals surface area (Å²) in [5.74, 6) is -3.57. The number of allylic oxidation sites excluding steroid dienone is 1. The normalized spacial score (nSPS) is 42.9. The highest BCUT2D eigenvalue weighted by molar-refractivity contribution is 5.90. The van der Waals surface area contributed by atoms with Crippen LogP contribution in [0.15, 0.2) is 23.5 Å². The largest absolute Gasteiger partial charge is 0.468 e. The average Bonchev–Trinajstić information content (AvgIpc) is 3.41. The van der Waals surface area contributed by atoms with Gasteiger partial charge in [-0.25, -0.2) is 4.79 Å². The van der Waals surface area contributed by atoms with Crippen LogP contribution in [0.3, 0.4) is 0 Å². The predicted molar refractivity (Wildman–Crippen MR) is 168 cm³/mol. The molecule has 3 aliphatic heterocycles. The molecule has 0 unspecified atom stereocenters. The van der Waals surface area contributed by atoms with E-state index in [1.807, 2.05) is 13.8 Å². The number of hydrogen-bond donors (Lipinski definition) is 9. The molecule has 17 atom stereocenters. The van der Waals surface area contributed by atoms with Crippen LogP contribution in [0.2, 0.25) is 0 Å². The Morgan fingerprint density at radius 2 is 1.51 bits per heavy atom. The monoisotopic (exact) mass is 736 g/mol. The lowest BCUT2D eigenvalue weighted by Gasteiger charge is -2.42. The summed E-state index contributed by atoms with van der Waals surface area (Å²) in [7, 11) is 1.15. The molecule has 1 saturated carbocycles. The Bertz CT molecular complexity index is 1220. The molecule has 9 N–H and O–H groups in total. The van der Waals surface area contributed by atoms with Crippen LogP contribution in [0.5, 0.6) is 0 Å². The van der Waals surface area contributed by atoms with Crippen molar-refractivity contribution in [2.45, 2.75) is 107 Å². The number of aliphatic hydroxyl groups is 9. The van der Waals surface area contributed by atoms with Gasteiger partial charge in [-0.1, -0.05) is 19.9 Å². The molecule has 18 heteroatoms. The minimum Gasteiger partial charge on any atom is -0.468 e. The number of carbonyl (C=O) groups excluding carboxylic acids is 2. The van der Waals surface area contributed by atoms with Gasteiger partial charge in [0.25, 0.3) is 0 Å². The van der Waals surface area contributed by atoms with Crippen LogP contribution in [0.4, 0.5) is 0 Å². The molecule has 0 amide bonds. The molecule has 292 valence electrons. The third-order valence-electron chi connectivity index (χ3n) is 10.5. The van der Waals surface area contributed by atoms with Crippen molar-refractivity contribution in [2.24, 2.45) is 29.6 Å². The quantitative estimate of drug-likeness (QED) is 0.0665. The minimum atomic E-state index is -1.74. The molecule has 0 aromatic carbocycles. The van der Waals surface area contributed by atoms with Crippen molar-refractivity contribution in [2.75, 3.05) is 33.5 Å². The Balaban J connectivity index is 1.41. The van der Waals surface area contributed by atoms with Gasteiger partial charge in [-0.2, -0.15) is 0 Å². The van der Waals surface area contributed by atoms with Crippen molar-refractivity contribution in [3.63, 3.8) is 0 Å². The maximum absolute atomic E-state index is 13.4. The first-order valence-corrected chi connectivity index (χ1v) is 17.0. The number of ether oxygens (including phenoxy) is 7. The van der Waals surface area contributed by atoms with Crippen molar-refractivity contribution in [1.82, 2.24) is 0 Å². The molecule has 3 fully saturated rings. The summed E-state index contributed by atoms with van der Waals surface area (Å²) in [4.78, 5) is 26.1. The van der Waals surface area contributed by atoms with Crippen LogP contribution in [0, 0.1) is 29.6 Å². The zero-order chi connectivity index (χ0) is 37.7. The van der Waals surface area contributed by atoms with Crippen LogP contribution < -0.4 is 0 Å². The van der Waals surface area contributed by atoms with Gasteiger partial charge < -0.3 is 79.1 Å². The first kappa shape index (κ1) is 41.5. The minimum absolute atomic E-state index is 0.00703. The molecule has 0 spiro atoms. The van der Waals surface area contributed by atoms with E-state index in [2.05, 4.69) is 0 Å². The smallest absolute Gasteiger partial charge is 0.337 e. The molecule has 0 aromatic rings. The zero-order valence-corrected chi connectivity index (χ0v) is 28.9. The van der Waals surface area contributed by atoms with E-state index in [1.54, 1.807) is 6.92 Å². The van der Waals surface area contributed by atoms with E-state index in [1.165, 1.54) is 6.08 Å². The van der Waals surface area contributed by atoms with Crippen molar-refractivity contribution in [3.05, 3.63) is 23.5 Å². The second-order valence-corrected chi connectivity index (χ2v) is 13.6. The zero-order valence-electron chi connectivity index (χ0n) is 28.9. The van der Waals surface area contributed by atoms with Gasteiger partial charge in [0.15, 0.2) is 12.6 Å². The third-order valence-corrected chi connectivity index (χ3v) is 10.5. The first-order valence-electron chi connectivity index (χ1n) is 17.0. The second-order valence-electron chi connectivity index (χ2n) is 13.6. The van der Waals surface area contributed by atoms with E-state index in [-0.39, 0.29) is 54.5 Å². The second kappa shape index (κ2) is 18.2. The summed E-state index contributed by atoms with van der Waals surface area (Å²) in [6, 6.07) is 0. The summed E-state index contributed by atoms with van der Waals surface area (Å²) in [5, 5.41) is 91.0. The van der Waals surface area contributed by atoms with Crippen molar-refractivity contribution in [1.29, 1.82) is 0 Å². The summed E-state index contributed by atoms with van der Waals surface area (Å²) in [6.45, 7) is 3.89. The number of hydrogen-bond acceptors (Lipinski definition) is 18. The predicted octanol–water partition coefficient (Wildman–Crippen LogP) is -3.20. The number of aliphatic hydroxyl groups excluding tert-OH is 9. The maximum atomic E-state index is 13.4. The number of carbonyl (C=O) groups is 2. The summed E-state index contributed by atoms with van der Waals surface area (Å²) in [6.07, 6.45) is -14.5. The highest BCUT2D eigenvalue weighted by Gasteiger charge is 2.48. The standard InChI is InChI=1S/C33H52O18/c1-5-15-17(19(30(44)45-4)12-48-31(15)51-33-29(43)27(41)25(39)22(9-35)50-33)7-23(37)46-11-18-14(3)20(36)6-16(18)13(2)10-47-32-28(42)26(40)24(38)21(8-34)49-32/h5,12-14,16-18,20-22,24-29,31-36,38-43H,6-11H2,1-4H3/b15-5+/t13-,14-,16+,17+,18+,20+,21-,22-,24-,25-,26+,27+,28-,29-,31+,32-,33+/m1/s1. The van der Waals surface area contributed by atoms with Gasteiger partial charge in [0.1, 0.15) is 48.8 Å². The summed E-state index contributed by atoms with van der Waals surface area (Å²) < 4.78 is 38.6. The highest BCUT2D eigenvalue weighted by atomic mass is 16.8. The van der Waals surface area contributed by atoms with E-state index in [0.29, 0.717) is 6.42 Å². The SMILES string of the molecule is C/C=C1/[C@H](O[C@@H]2O[C@H](CO)[C@@H](O)[C@H](O)[C@H]2O)OC=C(C(=O)OC)[C@H]1CC(=O)OC[C@H]1[C@@H](C)[C@@H](O)C[C@H]1[C@H](C)CO[C@@H]1O[C@H](CO)[C@@H](O)[C@H](O)[C@H]1O. The van der Waals surface area contributed by atoms with E-state index in [4.69, 9.17) is 33.2 Å². The van der Waals surface area contributed by atoms with Gasteiger partial charge >= 0.3 is 11.9 Å². The van der Waals surface area contributed by atoms with Gasteiger partial charge in [0, 0.05) is 17.4 Å². The average molecular weight is 737 g/mol. The Hall–Kier alpha value is -2.30. The number of esters is 2. The third kappa shape index (κ3) is 9.09. The number of methoxy groups -OCH3 is 1. The summed E-state index contributed by atoms with van der Waals surface area (Å²) >= 11 is 0. The van der Waals surface area contributed by atoms with Crippen LogP contribution in [-0.2, 0) is 42.7 Å². The van der Waals surface area contributed by atoms with Gasteiger partial charge in [0.2, 0.25) is 6.29 Å². The Labute approximate surface area is 294 Å². The van der Waals surface area contributed by atoms with Crippen molar-refractivity contribution >= 4 is 11.9 Å². The van der Waals surface area contributed by atoms with Crippen molar-refractivity contribution < 1.29 is 88.7 Å². The van der Waals surface area contributed by atoms with Gasteiger partial charge in [-0.05, 0) is 31.1 Å². The molecule has 4 aliphatic rings. The van der Waals surface area contributed by atoms with Crippen LogP contribution in [0.25, 0.3) is 0 Å². The molecule has 0 bridgehead atoms. The summed E-state index contributed by atoms with van der Waals surface area (Å²) in [5.41, 5.74) is 0.228. The lowest BCUT2D eigenvalue weighted by atomic mass is 9.83. The molecule has 4 rings (SSSR count). The fraction of sp³-hybridized carbons (Fsp3) is 0.818. The topological polar surface area (TPSA) is 281 Å². The van der Waals surface area contributed by atoms with E-state index >= 15 is 0 Å². The van der Waals surface area contributed by atoms with E-state index in [9.17, 15) is 55.5 Å². The fourth-order valence-corrected chi connectivity index (χ4v) is 7.19. The highest BCUT2D eigenvalue weighted by Crippen LogP contribution is 2.42. The van der Waals surface area contributed by atoms with Crippen LogP contribution >= 0.6 is 0 Å². The molecule has 2 saturated heterocycles. The van der Waals surface area contributed by atoms with Gasteiger partial charge in [-0.3, -0.25) is 4.79 Å². The van der Waals surface area contributed by atoms with E-state index < -0.39 is 105 Å². The fourth-order valence-electron chi connectivity index (χ4n) is 7.19. The lowest BCUT2D eigenvalue weighted by molar-refractivity contribution is -0.327. The lowest BCUT2D eigenvalue weighted by Crippen LogP contribution is -2.60. The Kier molecular flexibility index (Phi) is 14.8. The molecule has 0 radical (unpaired) electrons. The molecule has 1 aliphatic carbocycles. The maximum Gasteiger partial charge on any atom is 0.337 e. The molecular formula is C33H52O18. The molecule has 18 nitrogen and oxygen atoms in total. The van der Waals surface area contributed by atoms with Crippen LogP contribution in [0.1, 0.15) is 33.6 Å². The van der Waals surface area contributed by atoms with Crippen LogP contribution in [-0.4, -0.2) is 165 Å². The number of rotatable bonds is 13. The van der Waals surface area contributed by atoms with Crippen molar-refractivity contribution in [3.8, 4) is 0 Å².